The lowest BCUT2D eigenvalue weighted by Gasteiger charge is -2.09. The fourth-order valence-corrected chi connectivity index (χ4v) is 2.32. The summed E-state index contributed by atoms with van der Waals surface area (Å²) in [6.45, 7) is 0.696. The highest BCUT2D eigenvalue weighted by molar-refractivity contribution is 5.94. The van der Waals surface area contributed by atoms with Crippen molar-refractivity contribution in [3.63, 3.8) is 0 Å². The fourth-order valence-electron chi connectivity index (χ4n) is 2.32. The van der Waals surface area contributed by atoms with Crippen molar-refractivity contribution in [2.75, 3.05) is 13.2 Å². The topological polar surface area (TPSA) is 38.3 Å². The first-order valence-corrected chi connectivity index (χ1v) is 7.38. The molecule has 4 heteroatoms. The third kappa shape index (κ3) is 3.86. The lowest BCUT2D eigenvalue weighted by molar-refractivity contribution is 0.0946. The Bertz CT molecular complexity index is 832. The summed E-state index contributed by atoms with van der Waals surface area (Å²) in [5.41, 5.74) is 0.302. The Morgan fingerprint density at radius 3 is 2.61 bits per heavy atom. The van der Waals surface area contributed by atoms with Gasteiger partial charge < -0.3 is 10.1 Å². The minimum absolute atomic E-state index is 0.302. The molecule has 0 atom stereocenters. The first-order valence-electron chi connectivity index (χ1n) is 7.38. The number of amides is 1. The molecule has 1 amide bonds. The van der Waals surface area contributed by atoms with E-state index >= 15 is 0 Å². The molecule has 0 heterocycles. The van der Waals surface area contributed by atoms with Crippen molar-refractivity contribution in [1.82, 2.24) is 5.32 Å². The van der Waals surface area contributed by atoms with Crippen LogP contribution in [0.15, 0.2) is 66.7 Å². The number of hydrogen-bond donors (Lipinski definition) is 1. The van der Waals surface area contributed by atoms with Gasteiger partial charge in [-0.3, -0.25) is 4.79 Å². The van der Waals surface area contributed by atoms with E-state index in [0.29, 0.717) is 18.7 Å². The quantitative estimate of drug-likeness (QED) is 0.728. The number of fused-ring (bicyclic) bond motifs is 1. The molecule has 0 bridgehead atoms. The van der Waals surface area contributed by atoms with Crippen LogP contribution in [0.1, 0.15) is 10.4 Å². The molecule has 1 N–H and O–H groups in total. The maximum atomic E-state index is 13.1. The van der Waals surface area contributed by atoms with Crippen LogP contribution >= 0.6 is 0 Å². The number of halogens is 1. The molecule has 0 saturated heterocycles. The van der Waals surface area contributed by atoms with Gasteiger partial charge in [-0.15, -0.1) is 0 Å². The van der Waals surface area contributed by atoms with E-state index in [9.17, 15) is 9.18 Å². The summed E-state index contributed by atoms with van der Waals surface area (Å²) in [5, 5.41) is 4.96. The number of nitrogens with one attached hydrogen (secondary N) is 1. The van der Waals surface area contributed by atoms with Crippen LogP contribution in [0.25, 0.3) is 10.8 Å². The molecule has 3 aromatic rings. The number of hydrogen-bond acceptors (Lipinski definition) is 2. The lowest BCUT2D eigenvalue weighted by atomic mass is 10.1. The minimum Gasteiger partial charge on any atom is -0.492 e. The zero-order chi connectivity index (χ0) is 16.1. The Kier molecular flexibility index (Phi) is 4.52. The van der Waals surface area contributed by atoms with Crippen LogP contribution < -0.4 is 10.1 Å². The lowest BCUT2D eigenvalue weighted by Crippen LogP contribution is -2.28. The molecular formula is C19H16FNO2. The Labute approximate surface area is 133 Å². The first-order chi connectivity index (χ1) is 11.2. The van der Waals surface area contributed by atoms with E-state index in [1.165, 1.54) is 18.2 Å². The van der Waals surface area contributed by atoms with Crippen LogP contribution in [-0.2, 0) is 0 Å². The zero-order valence-corrected chi connectivity index (χ0v) is 12.5. The van der Waals surface area contributed by atoms with Crippen LogP contribution in [0.3, 0.4) is 0 Å². The molecule has 0 aliphatic heterocycles. The Balaban J connectivity index is 1.51. The second kappa shape index (κ2) is 6.92. The van der Waals surface area contributed by atoms with Gasteiger partial charge in [0.1, 0.15) is 18.2 Å². The highest BCUT2D eigenvalue weighted by Crippen LogP contribution is 2.20. The van der Waals surface area contributed by atoms with E-state index in [1.807, 2.05) is 42.5 Å². The van der Waals surface area contributed by atoms with E-state index < -0.39 is 5.82 Å². The van der Waals surface area contributed by atoms with Gasteiger partial charge in [-0.2, -0.15) is 0 Å². The number of benzene rings is 3. The largest absolute Gasteiger partial charge is 0.492 e. The predicted octanol–water partition coefficient (Wildman–Crippen LogP) is 3.79. The highest BCUT2D eigenvalue weighted by Gasteiger charge is 2.05. The standard InChI is InChI=1S/C19H16FNO2/c20-17-7-3-6-16(12-17)19(22)21-10-11-23-18-9-8-14-4-1-2-5-15(14)13-18/h1-9,12-13H,10-11H2,(H,21,22). The van der Waals surface area contributed by atoms with Gasteiger partial charge in [0.2, 0.25) is 0 Å². The van der Waals surface area contributed by atoms with E-state index in [-0.39, 0.29) is 5.91 Å². The maximum absolute atomic E-state index is 13.1. The summed E-state index contributed by atoms with van der Waals surface area (Å²) >= 11 is 0. The molecule has 0 unspecified atom stereocenters. The van der Waals surface area contributed by atoms with Gasteiger partial charge in [-0.05, 0) is 41.1 Å². The molecule has 23 heavy (non-hydrogen) atoms. The molecule has 0 aliphatic carbocycles. The summed E-state index contributed by atoms with van der Waals surface area (Å²) in [7, 11) is 0. The van der Waals surface area contributed by atoms with Crippen molar-refractivity contribution in [3.05, 3.63) is 78.1 Å². The number of carbonyl (C=O) groups is 1. The Morgan fingerprint density at radius 1 is 0.957 bits per heavy atom. The highest BCUT2D eigenvalue weighted by atomic mass is 19.1. The Hall–Kier alpha value is -2.88. The SMILES string of the molecule is O=C(NCCOc1ccc2ccccc2c1)c1cccc(F)c1. The molecule has 0 aliphatic rings. The molecule has 0 radical (unpaired) electrons. The normalized spacial score (nSPS) is 10.5. The monoisotopic (exact) mass is 309 g/mol. The third-order valence-electron chi connectivity index (χ3n) is 3.46. The van der Waals surface area contributed by atoms with Crippen molar-refractivity contribution in [2.24, 2.45) is 0 Å². The summed E-state index contributed by atoms with van der Waals surface area (Å²) in [6.07, 6.45) is 0. The van der Waals surface area contributed by atoms with Gasteiger partial charge in [0, 0.05) is 5.56 Å². The van der Waals surface area contributed by atoms with Crippen LogP contribution in [0.5, 0.6) is 5.75 Å². The number of carbonyl (C=O) groups excluding carboxylic acids is 1. The van der Waals surface area contributed by atoms with Gasteiger partial charge in [0.25, 0.3) is 5.91 Å². The average molecular weight is 309 g/mol. The van der Waals surface area contributed by atoms with E-state index in [0.717, 1.165) is 16.5 Å². The predicted molar refractivity (Wildman–Crippen MR) is 88.2 cm³/mol. The minimum atomic E-state index is -0.426. The first kappa shape index (κ1) is 15.0. The molecule has 0 aromatic heterocycles. The van der Waals surface area contributed by atoms with Crippen LogP contribution in [0, 0.1) is 5.82 Å². The Morgan fingerprint density at radius 2 is 1.78 bits per heavy atom. The van der Waals surface area contributed by atoms with Crippen molar-refractivity contribution >= 4 is 16.7 Å². The molecule has 116 valence electrons. The van der Waals surface area contributed by atoms with Crippen molar-refractivity contribution in [3.8, 4) is 5.75 Å². The van der Waals surface area contributed by atoms with E-state index in [1.54, 1.807) is 6.07 Å². The number of ether oxygens (including phenoxy) is 1. The van der Waals surface area contributed by atoms with Crippen LogP contribution in [0.2, 0.25) is 0 Å². The van der Waals surface area contributed by atoms with Crippen molar-refractivity contribution in [1.29, 1.82) is 0 Å². The van der Waals surface area contributed by atoms with E-state index in [2.05, 4.69) is 5.32 Å². The van der Waals surface area contributed by atoms with Crippen LogP contribution in [-0.4, -0.2) is 19.1 Å². The van der Waals surface area contributed by atoms with Gasteiger partial charge in [0.05, 0.1) is 6.54 Å². The van der Waals surface area contributed by atoms with Gasteiger partial charge in [0.15, 0.2) is 0 Å². The van der Waals surface area contributed by atoms with Gasteiger partial charge in [-0.1, -0.05) is 36.4 Å². The molecular weight excluding hydrogens is 293 g/mol. The smallest absolute Gasteiger partial charge is 0.251 e. The van der Waals surface area contributed by atoms with Crippen molar-refractivity contribution in [2.45, 2.75) is 0 Å². The molecule has 0 fully saturated rings. The molecule has 3 nitrogen and oxygen atoms in total. The zero-order valence-electron chi connectivity index (χ0n) is 12.5. The average Bonchev–Trinajstić information content (AvgIpc) is 2.58. The second-order valence-electron chi connectivity index (χ2n) is 5.12. The van der Waals surface area contributed by atoms with Gasteiger partial charge in [-0.25, -0.2) is 4.39 Å². The molecule has 0 saturated carbocycles. The number of rotatable bonds is 5. The van der Waals surface area contributed by atoms with Gasteiger partial charge >= 0.3 is 0 Å². The fraction of sp³-hybridized carbons (Fsp3) is 0.105. The van der Waals surface area contributed by atoms with Crippen molar-refractivity contribution < 1.29 is 13.9 Å². The summed E-state index contributed by atoms with van der Waals surface area (Å²) in [6, 6.07) is 19.5. The second-order valence-corrected chi connectivity index (χ2v) is 5.12. The molecule has 3 aromatic carbocycles. The third-order valence-corrected chi connectivity index (χ3v) is 3.46. The molecule has 3 rings (SSSR count). The van der Waals surface area contributed by atoms with Crippen LogP contribution in [0.4, 0.5) is 4.39 Å². The summed E-state index contributed by atoms with van der Waals surface area (Å²) in [5.74, 6) is 0.0142. The summed E-state index contributed by atoms with van der Waals surface area (Å²) < 4.78 is 18.7. The summed E-state index contributed by atoms with van der Waals surface area (Å²) in [4.78, 5) is 11.8. The molecule has 0 spiro atoms. The maximum Gasteiger partial charge on any atom is 0.251 e. The van der Waals surface area contributed by atoms with E-state index in [4.69, 9.17) is 4.74 Å².